The molecule has 1 aromatic heterocycles. The summed E-state index contributed by atoms with van der Waals surface area (Å²) >= 11 is 1.57. The van der Waals surface area contributed by atoms with Gasteiger partial charge in [0.15, 0.2) is 0 Å². The van der Waals surface area contributed by atoms with Gasteiger partial charge in [-0.3, -0.25) is 4.99 Å². The summed E-state index contributed by atoms with van der Waals surface area (Å²) in [5.74, 6) is 0.785. The Hall–Kier alpha value is -1.46. The molecule has 5 heteroatoms. The molecular formula is C15H21N3OS. The first-order valence-electron chi connectivity index (χ1n) is 6.88. The van der Waals surface area contributed by atoms with Crippen molar-refractivity contribution in [2.45, 2.75) is 32.8 Å². The smallest absolute Gasteiger partial charge is 0.123 e. The van der Waals surface area contributed by atoms with Crippen LogP contribution in [0.4, 0.5) is 0 Å². The van der Waals surface area contributed by atoms with E-state index in [1.165, 1.54) is 0 Å². The van der Waals surface area contributed by atoms with Gasteiger partial charge in [-0.05, 0) is 37.8 Å². The Bertz CT molecular complexity index is 557. The van der Waals surface area contributed by atoms with E-state index in [1.807, 2.05) is 24.3 Å². The van der Waals surface area contributed by atoms with E-state index in [0.717, 1.165) is 34.6 Å². The molecule has 0 saturated carbocycles. The molecular weight excluding hydrogens is 270 g/mol. The van der Waals surface area contributed by atoms with Gasteiger partial charge >= 0.3 is 0 Å². The summed E-state index contributed by atoms with van der Waals surface area (Å²) in [5, 5.41) is 11.2. The third kappa shape index (κ3) is 3.77. The molecule has 0 radical (unpaired) electrons. The SMILES string of the molecule is CC(N)=NCCC[C@H](C)C(O)c1nc2ccccc2s1. The standard InChI is InChI=1S/C15H21N3OS/c1-10(6-5-9-17-11(2)16)14(19)15-18-12-7-3-4-8-13(12)20-15/h3-4,7-8,10,14,19H,5-6,9H2,1-2H3,(H2,16,17)/t10-,14?/m0/s1. The Kier molecular flexibility index (Phi) is 5.09. The summed E-state index contributed by atoms with van der Waals surface area (Å²) in [4.78, 5) is 8.67. The first kappa shape index (κ1) is 14.9. The molecule has 2 aromatic rings. The third-order valence-electron chi connectivity index (χ3n) is 3.28. The van der Waals surface area contributed by atoms with Crippen molar-refractivity contribution >= 4 is 27.4 Å². The second kappa shape index (κ2) is 6.81. The Morgan fingerprint density at radius 1 is 1.45 bits per heavy atom. The number of aliphatic imine (C=N–C) groups is 1. The average molecular weight is 291 g/mol. The van der Waals surface area contributed by atoms with Gasteiger partial charge in [0.25, 0.3) is 0 Å². The van der Waals surface area contributed by atoms with Crippen molar-refractivity contribution in [3.63, 3.8) is 0 Å². The van der Waals surface area contributed by atoms with E-state index in [0.29, 0.717) is 5.84 Å². The Morgan fingerprint density at radius 2 is 2.20 bits per heavy atom. The lowest BCUT2D eigenvalue weighted by Crippen LogP contribution is -2.10. The molecule has 2 atom stereocenters. The van der Waals surface area contributed by atoms with Crippen molar-refractivity contribution < 1.29 is 5.11 Å². The fourth-order valence-corrected chi connectivity index (χ4v) is 3.17. The maximum absolute atomic E-state index is 10.4. The van der Waals surface area contributed by atoms with Crippen LogP contribution >= 0.6 is 11.3 Å². The summed E-state index contributed by atoms with van der Waals surface area (Å²) in [7, 11) is 0. The van der Waals surface area contributed by atoms with Gasteiger partial charge in [0.05, 0.1) is 16.1 Å². The van der Waals surface area contributed by atoms with E-state index in [-0.39, 0.29) is 5.92 Å². The van der Waals surface area contributed by atoms with Crippen molar-refractivity contribution in [1.82, 2.24) is 4.98 Å². The number of nitrogens with zero attached hydrogens (tertiary/aromatic N) is 2. The predicted octanol–water partition coefficient (Wildman–Crippen LogP) is 3.12. The lowest BCUT2D eigenvalue weighted by molar-refractivity contribution is 0.112. The predicted molar refractivity (Wildman–Crippen MR) is 85.1 cm³/mol. The molecule has 0 aliphatic rings. The maximum Gasteiger partial charge on any atom is 0.123 e. The van der Waals surface area contributed by atoms with E-state index in [1.54, 1.807) is 18.3 Å². The molecule has 108 valence electrons. The average Bonchev–Trinajstić information content (AvgIpc) is 2.86. The minimum absolute atomic E-state index is 0.170. The number of thiazole rings is 1. The minimum atomic E-state index is -0.504. The Morgan fingerprint density at radius 3 is 2.90 bits per heavy atom. The van der Waals surface area contributed by atoms with Crippen LogP contribution in [0, 0.1) is 5.92 Å². The lowest BCUT2D eigenvalue weighted by Gasteiger charge is -2.15. The Labute approximate surface area is 123 Å². The van der Waals surface area contributed by atoms with E-state index < -0.39 is 6.10 Å². The van der Waals surface area contributed by atoms with Crippen LogP contribution in [0.15, 0.2) is 29.3 Å². The van der Waals surface area contributed by atoms with Crippen LogP contribution in [-0.2, 0) is 0 Å². The van der Waals surface area contributed by atoms with Crippen molar-refractivity contribution in [2.24, 2.45) is 16.6 Å². The summed E-state index contributed by atoms with van der Waals surface area (Å²) in [6.45, 7) is 4.56. The molecule has 2 rings (SSSR count). The highest BCUT2D eigenvalue weighted by molar-refractivity contribution is 7.18. The maximum atomic E-state index is 10.4. The fraction of sp³-hybridized carbons (Fsp3) is 0.467. The second-order valence-electron chi connectivity index (χ2n) is 5.11. The summed E-state index contributed by atoms with van der Waals surface area (Å²) in [6, 6.07) is 7.97. The van der Waals surface area contributed by atoms with Crippen LogP contribution < -0.4 is 5.73 Å². The van der Waals surface area contributed by atoms with Gasteiger partial charge in [-0.15, -0.1) is 11.3 Å². The molecule has 0 aliphatic heterocycles. The molecule has 4 nitrogen and oxygen atoms in total. The van der Waals surface area contributed by atoms with Crippen molar-refractivity contribution in [3.05, 3.63) is 29.3 Å². The Balaban J connectivity index is 1.95. The van der Waals surface area contributed by atoms with Gasteiger partial charge in [-0.25, -0.2) is 4.98 Å². The van der Waals surface area contributed by atoms with Crippen LogP contribution in [-0.4, -0.2) is 22.5 Å². The fourth-order valence-electron chi connectivity index (χ4n) is 2.09. The number of aromatic nitrogens is 1. The van der Waals surface area contributed by atoms with Crippen LogP contribution in [0.3, 0.4) is 0 Å². The monoisotopic (exact) mass is 291 g/mol. The number of para-hydroxylation sites is 1. The van der Waals surface area contributed by atoms with Gasteiger partial charge in [0.1, 0.15) is 11.1 Å². The van der Waals surface area contributed by atoms with E-state index in [9.17, 15) is 5.11 Å². The van der Waals surface area contributed by atoms with Crippen LogP contribution in [0.5, 0.6) is 0 Å². The molecule has 0 amide bonds. The number of nitrogens with two attached hydrogens (primary N) is 1. The zero-order valence-electron chi connectivity index (χ0n) is 11.9. The van der Waals surface area contributed by atoms with Gasteiger partial charge in [-0.2, -0.15) is 0 Å². The highest BCUT2D eigenvalue weighted by Crippen LogP contribution is 2.31. The summed E-state index contributed by atoms with van der Waals surface area (Å²) in [6.07, 6.45) is 1.33. The molecule has 0 saturated heterocycles. The number of hydrogen-bond donors (Lipinski definition) is 2. The number of rotatable bonds is 6. The zero-order valence-corrected chi connectivity index (χ0v) is 12.7. The third-order valence-corrected chi connectivity index (χ3v) is 4.39. The van der Waals surface area contributed by atoms with E-state index >= 15 is 0 Å². The van der Waals surface area contributed by atoms with E-state index in [4.69, 9.17) is 5.73 Å². The topological polar surface area (TPSA) is 71.5 Å². The molecule has 0 fully saturated rings. The molecule has 1 heterocycles. The van der Waals surface area contributed by atoms with Gasteiger partial charge in [0.2, 0.25) is 0 Å². The lowest BCUT2D eigenvalue weighted by atomic mass is 9.99. The highest BCUT2D eigenvalue weighted by atomic mass is 32.1. The normalized spacial score (nSPS) is 15.4. The summed E-state index contributed by atoms with van der Waals surface area (Å²) in [5.41, 5.74) is 6.46. The van der Waals surface area contributed by atoms with Gasteiger partial charge < -0.3 is 10.8 Å². The first-order chi connectivity index (χ1) is 9.58. The number of amidine groups is 1. The molecule has 1 unspecified atom stereocenters. The number of fused-ring (bicyclic) bond motifs is 1. The molecule has 0 spiro atoms. The second-order valence-corrected chi connectivity index (χ2v) is 6.17. The first-order valence-corrected chi connectivity index (χ1v) is 7.69. The van der Waals surface area contributed by atoms with Crippen LogP contribution in [0.2, 0.25) is 0 Å². The molecule has 0 aliphatic carbocycles. The number of aliphatic hydroxyl groups is 1. The highest BCUT2D eigenvalue weighted by Gasteiger charge is 2.19. The van der Waals surface area contributed by atoms with Crippen LogP contribution in [0.25, 0.3) is 10.2 Å². The zero-order chi connectivity index (χ0) is 14.5. The van der Waals surface area contributed by atoms with Gasteiger partial charge in [0, 0.05) is 6.54 Å². The number of benzene rings is 1. The summed E-state index contributed by atoms with van der Waals surface area (Å²) < 4.78 is 1.12. The van der Waals surface area contributed by atoms with Crippen molar-refractivity contribution in [1.29, 1.82) is 0 Å². The largest absolute Gasteiger partial charge is 0.388 e. The molecule has 1 aromatic carbocycles. The molecule has 3 N–H and O–H groups in total. The molecule has 20 heavy (non-hydrogen) atoms. The number of hydrogen-bond acceptors (Lipinski definition) is 4. The van der Waals surface area contributed by atoms with Gasteiger partial charge in [-0.1, -0.05) is 19.1 Å². The van der Waals surface area contributed by atoms with E-state index in [2.05, 4.69) is 16.9 Å². The van der Waals surface area contributed by atoms with Crippen molar-refractivity contribution in [2.75, 3.05) is 6.54 Å². The minimum Gasteiger partial charge on any atom is -0.388 e. The van der Waals surface area contributed by atoms with Crippen LogP contribution in [0.1, 0.15) is 37.8 Å². The number of aliphatic hydroxyl groups excluding tert-OH is 1. The quantitative estimate of drug-likeness (QED) is 0.488. The van der Waals surface area contributed by atoms with Crippen molar-refractivity contribution in [3.8, 4) is 0 Å². The molecule has 0 bridgehead atoms.